The standard InChI is InChI=1S/C14H12FN3O3/c1-2-21-10-4-5-11(12(7-10)18-20)17-14(19)9-3-6-13(15)16-8-9/h3-8H,2H2,1H3,(H,17,19). The minimum absolute atomic E-state index is 0.0457. The third kappa shape index (κ3) is 3.59. The van der Waals surface area contributed by atoms with E-state index >= 15 is 0 Å². The van der Waals surface area contributed by atoms with Crippen LogP contribution >= 0.6 is 0 Å². The third-order valence-electron chi connectivity index (χ3n) is 2.62. The van der Waals surface area contributed by atoms with Gasteiger partial charge in [0, 0.05) is 12.3 Å². The number of carbonyl (C=O) groups is 1. The van der Waals surface area contributed by atoms with Gasteiger partial charge in [0.15, 0.2) is 0 Å². The second-order valence-electron chi connectivity index (χ2n) is 4.03. The van der Waals surface area contributed by atoms with Crippen molar-refractivity contribution >= 4 is 17.3 Å². The average molecular weight is 289 g/mol. The molecule has 108 valence electrons. The molecule has 6 nitrogen and oxygen atoms in total. The van der Waals surface area contributed by atoms with E-state index in [2.05, 4.69) is 15.5 Å². The van der Waals surface area contributed by atoms with Gasteiger partial charge < -0.3 is 10.1 Å². The number of anilines is 1. The van der Waals surface area contributed by atoms with Gasteiger partial charge in [-0.15, -0.1) is 4.91 Å². The van der Waals surface area contributed by atoms with Gasteiger partial charge in [-0.1, -0.05) is 0 Å². The lowest BCUT2D eigenvalue weighted by Gasteiger charge is -2.09. The number of hydrogen-bond donors (Lipinski definition) is 1. The summed E-state index contributed by atoms with van der Waals surface area (Å²) in [4.78, 5) is 26.2. The van der Waals surface area contributed by atoms with Crippen LogP contribution in [0.25, 0.3) is 0 Å². The van der Waals surface area contributed by atoms with Crippen LogP contribution in [0.5, 0.6) is 5.75 Å². The molecule has 0 spiro atoms. The molecule has 2 rings (SSSR count). The highest BCUT2D eigenvalue weighted by atomic mass is 19.1. The molecule has 0 atom stereocenters. The number of ether oxygens (including phenoxy) is 1. The highest BCUT2D eigenvalue weighted by Gasteiger charge is 2.11. The Bertz CT molecular complexity index is 659. The van der Waals surface area contributed by atoms with Gasteiger partial charge in [-0.05, 0) is 36.4 Å². The molecule has 0 bridgehead atoms. The maximum Gasteiger partial charge on any atom is 0.257 e. The second kappa shape index (κ2) is 6.56. The maximum atomic E-state index is 12.7. The summed E-state index contributed by atoms with van der Waals surface area (Å²) in [6.07, 6.45) is 1.10. The van der Waals surface area contributed by atoms with Crippen LogP contribution in [0.2, 0.25) is 0 Å². The fourth-order valence-corrected chi connectivity index (χ4v) is 1.65. The SMILES string of the molecule is CCOc1ccc(NC(=O)c2ccc(F)nc2)c(N=O)c1. The number of nitroso groups, excluding NO2 is 1. The molecular weight excluding hydrogens is 277 g/mol. The molecule has 0 unspecified atom stereocenters. The van der Waals surface area contributed by atoms with Crippen molar-refractivity contribution in [2.45, 2.75) is 6.92 Å². The van der Waals surface area contributed by atoms with Gasteiger partial charge in [0.05, 0.1) is 17.9 Å². The molecule has 1 aromatic carbocycles. The predicted molar refractivity (Wildman–Crippen MR) is 75.2 cm³/mol. The number of nitrogens with zero attached hydrogens (tertiary/aromatic N) is 2. The van der Waals surface area contributed by atoms with Crippen molar-refractivity contribution in [3.05, 3.63) is 52.9 Å². The molecule has 0 aliphatic rings. The number of halogens is 1. The quantitative estimate of drug-likeness (QED) is 0.676. The summed E-state index contributed by atoms with van der Waals surface area (Å²) in [5, 5.41) is 5.37. The lowest BCUT2D eigenvalue weighted by atomic mass is 10.2. The molecule has 0 aliphatic heterocycles. The van der Waals surface area contributed by atoms with Crippen LogP contribution in [-0.2, 0) is 0 Å². The molecule has 0 radical (unpaired) electrons. The van der Waals surface area contributed by atoms with E-state index in [1.165, 1.54) is 18.2 Å². The Labute approximate surface area is 119 Å². The van der Waals surface area contributed by atoms with E-state index in [0.29, 0.717) is 12.4 Å². The van der Waals surface area contributed by atoms with Crippen molar-refractivity contribution in [3.63, 3.8) is 0 Å². The summed E-state index contributed by atoms with van der Waals surface area (Å²) in [6, 6.07) is 6.91. The number of rotatable bonds is 5. The molecule has 1 aromatic heterocycles. The van der Waals surface area contributed by atoms with Crippen molar-refractivity contribution in [2.24, 2.45) is 5.18 Å². The molecule has 21 heavy (non-hydrogen) atoms. The molecule has 1 N–H and O–H groups in total. The van der Waals surface area contributed by atoms with Crippen LogP contribution in [-0.4, -0.2) is 17.5 Å². The molecule has 1 amide bonds. The largest absolute Gasteiger partial charge is 0.494 e. The van der Waals surface area contributed by atoms with E-state index in [9.17, 15) is 14.1 Å². The first-order valence-corrected chi connectivity index (χ1v) is 6.17. The third-order valence-corrected chi connectivity index (χ3v) is 2.62. The number of carbonyl (C=O) groups excluding carboxylic acids is 1. The van der Waals surface area contributed by atoms with Gasteiger partial charge in [0.1, 0.15) is 11.4 Å². The van der Waals surface area contributed by atoms with E-state index in [4.69, 9.17) is 4.74 Å². The smallest absolute Gasteiger partial charge is 0.257 e. The molecule has 0 saturated carbocycles. The first-order chi connectivity index (χ1) is 10.1. The van der Waals surface area contributed by atoms with Gasteiger partial charge in [0.25, 0.3) is 5.91 Å². The molecule has 0 saturated heterocycles. The van der Waals surface area contributed by atoms with Crippen molar-refractivity contribution in [2.75, 3.05) is 11.9 Å². The lowest BCUT2D eigenvalue weighted by molar-refractivity contribution is 0.102. The number of amides is 1. The van der Waals surface area contributed by atoms with E-state index in [0.717, 1.165) is 12.3 Å². The molecule has 2 aromatic rings. The first kappa shape index (κ1) is 14.6. The van der Waals surface area contributed by atoms with Crippen LogP contribution < -0.4 is 10.1 Å². The van der Waals surface area contributed by atoms with Gasteiger partial charge in [-0.3, -0.25) is 4.79 Å². The zero-order valence-corrected chi connectivity index (χ0v) is 11.2. The minimum Gasteiger partial charge on any atom is -0.494 e. The number of nitrogens with one attached hydrogen (secondary N) is 1. The number of pyridine rings is 1. The van der Waals surface area contributed by atoms with E-state index < -0.39 is 11.9 Å². The fourth-order valence-electron chi connectivity index (χ4n) is 1.65. The number of hydrogen-bond acceptors (Lipinski definition) is 5. The fraction of sp³-hybridized carbons (Fsp3) is 0.143. The predicted octanol–water partition coefficient (Wildman–Crippen LogP) is 3.27. The van der Waals surface area contributed by atoms with Crippen LogP contribution in [0.3, 0.4) is 0 Å². The molecule has 0 fully saturated rings. The molecule has 7 heteroatoms. The number of benzene rings is 1. The summed E-state index contributed by atoms with van der Waals surface area (Å²) in [7, 11) is 0. The molecule has 0 aliphatic carbocycles. The summed E-state index contributed by atoms with van der Waals surface area (Å²) < 4.78 is 17.9. The van der Waals surface area contributed by atoms with Gasteiger partial charge >= 0.3 is 0 Å². The second-order valence-corrected chi connectivity index (χ2v) is 4.03. The Balaban J connectivity index is 2.20. The van der Waals surface area contributed by atoms with Crippen LogP contribution in [0, 0.1) is 10.9 Å². The zero-order chi connectivity index (χ0) is 15.2. The Morgan fingerprint density at radius 2 is 2.19 bits per heavy atom. The average Bonchev–Trinajstić information content (AvgIpc) is 2.49. The van der Waals surface area contributed by atoms with Gasteiger partial charge in [0.2, 0.25) is 5.95 Å². The Morgan fingerprint density at radius 3 is 2.81 bits per heavy atom. The highest BCUT2D eigenvalue weighted by molar-refractivity contribution is 6.05. The zero-order valence-electron chi connectivity index (χ0n) is 11.2. The van der Waals surface area contributed by atoms with Crippen LogP contribution in [0.4, 0.5) is 15.8 Å². The molecular formula is C14H12FN3O3. The van der Waals surface area contributed by atoms with E-state index in [-0.39, 0.29) is 16.9 Å². The normalized spacial score (nSPS) is 10.0. The first-order valence-electron chi connectivity index (χ1n) is 6.17. The topological polar surface area (TPSA) is 80.7 Å². The highest BCUT2D eigenvalue weighted by Crippen LogP contribution is 2.29. The maximum absolute atomic E-state index is 12.7. The number of aromatic nitrogens is 1. The minimum atomic E-state index is -0.678. The lowest BCUT2D eigenvalue weighted by Crippen LogP contribution is -2.12. The van der Waals surface area contributed by atoms with Crippen LogP contribution in [0.15, 0.2) is 41.7 Å². The van der Waals surface area contributed by atoms with E-state index in [1.807, 2.05) is 6.92 Å². The summed E-state index contributed by atoms with van der Waals surface area (Å²) in [5.74, 6) is -0.715. The van der Waals surface area contributed by atoms with Crippen molar-refractivity contribution < 1.29 is 13.9 Å². The Hall–Kier alpha value is -2.83. The summed E-state index contributed by atoms with van der Waals surface area (Å²) in [6.45, 7) is 2.26. The van der Waals surface area contributed by atoms with Crippen molar-refractivity contribution in [1.82, 2.24) is 4.98 Å². The Morgan fingerprint density at radius 1 is 1.38 bits per heavy atom. The molecule has 1 heterocycles. The Kier molecular flexibility index (Phi) is 4.55. The monoisotopic (exact) mass is 289 g/mol. The van der Waals surface area contributed by atoms with E-state index in [1.54, 1.807) is 6.07 Å². The van der Waals surface area contributed by atoms with Crippen molar-refractivity contribution in [1.29, 1.82) is 0 Å². The summed E-state index contributed by atoms with van der Waals surface area (Å²) >= 11 is 0. The van der Waals surface area contributed by atoms with Crippen LogP contribution in [0.1, 0.15) is 17.3 Å². The summed E-state index contributed by atoms with van der Waals surface area (Å²) in [5.41, 5.74) is 0.453. The van der Waals surface area contributed by atoms with Crippen molar-refractivity contribution in [3.8, 4) is 5.75 Å². The van der Waals surface area contributed by atoms with Gasteiger partial charge in [-0.2, -0.15) is 4.39 Å². The van der Waals surface area contributed by atoms with Gasteiger partial charge in [-0.25, -0.2) is 4.98 Å².